The molecule has 1 fully saturated rings. The van der Waals surface area contributed by atoms with E-state index in [-0.39, 0.29) is 34.0 Å². The molecular formula is C21H18F4N2O4S. The molecule has 1 amide bonds. The summed E-state index contributed by atoms with van der Waals surface area (Å²) >= 11 is 0.731. The van der Waals surface area contributed by atoms with Crippen molar-refractivity contribution in [3.8, 4) is 11.5 Å². The van der Waals surface area contributed by atoms with Crippen LogP contribution >= 0.6 is 11.9 Å². The Labute approximate surface area is 184 Å². The quantitative estimate of drug-likeness (QED) is 0.363. The van der Waals surface area contributed by atoms with Crippen molar-refractivity contribution < 1.29 is 36.2 Å². The molecule has 2 heterocycles. The molecule has 0 bridgehead atoms. The number of carbonyl (C=O) groups excluding carboxylic acids is 1. The van der Waals surface area contributed by atoms with Crippen LogP contribution in [0.25, 0.3) is 11.0 Å². The molecule has 0 atom stereocenters. The van der Waals surface area contributed by atoms with Crippen LogP contribution in [-0.2, 0) is 0 Å². The molecular weight excluding hydrogens is 452 g/mol. The number of alkyl halides is 3. The van der Waals surface area contributed by atoms with Crippen molar-refractivity contribution in [2.45, 2.75) is 24.6 Å². The predicted octanol–water partition coefficient (Wildman–Crippen LogP) is 5.52. The average molecular weight is 470 g/mol. The predicted molar refractivity (Wildman–Crippen MR) is 111 cm³/mol. The van der Waals surface area contributed by atoms with Gasteiger partial charge in [-0.3, -0.25) is 9.52 Å². The lowest BCUT2D eigenvalue weighted by Gasteiger charge is -2.33. The maximum Gasteiger partial charge on any atom is 0.573 e. The highest BCUT2D eigenvalue weighted by Crippen LogP contribution is 2.35. The van der Waals surface area contributed by atoms with Crippen molar-refractivity contribution in [1.29, 1.82) is 0 Å². The normalized spacial score (nSPS) is 13.7. The standard InChI is InChI=1S/C21H18F4N2O4S/c1-2-29-16-5-4-13(31-21(23,24)25)10-19(16)32-26-20(28)18-11-14-15(22)8-12(9-17(14)30-18)27-6-3-7-27/h4-5,8-11H,2-3,6-7H2,1H3,(H,26,28). The summed E-state index contributed by atoms with van der Waals surface area (Å²) in [5.41, 5.74) is 0.914. The van der Waals surface area contributed by atoms with Crippen LogP contribution in [0.4, 0.5) is 23.2 Å². The topological polar surface area (TPSA) is 63.9 Å². The molecule has 1 saturated heterocycles. The summed E-state index contributed by atoms with van der Waals surface area (Å²) in [4.78, 5) is 14.7. The monoisotopic (exact) mass is 470 g/mol. The van der Waals surface area contributed by atoms with Gasteiger partial charge in [0.05, 0.1) is 16.9 Å². The van der Waals surface area contributed by atoms with E-state index in [1.165, 1.54) is 18.2 Å². The summed E-state index contributed by atoms with van der Waals surface area (Å²) in [6.07, 6.45) is -3.83. The fourth-order valence-electron chi connectivity index (χ4n) is 3.14. The SMILES string of the molecule is CCOc1ccc(OC(F)(F)F)cc1SNC(=O)c1cc2c(F)cc(N3CCC3)cc2o1. The van der Waals surface area contributed by atoms with Gasteiger partial charge in [0.25, 0.3) is 5.91 Å². The van der Waals surface area contributed by atoms with Gasteiger partial charge in [0, 0.05) is 30.9 Å². The lowest BCUT2D eigenvalue weighted by atomic mass is 10.1. The van der Waals surface area contributed by atoms with Gasteiger partial charge in [-0.05, 0) is 49.6 Å². The molecule has 1 N–H and O–H groups in total. The number of carbonyl (C=O) groups is 1. The van der Waals surface area contributed by atoms with Gasteiger partial charge in [-0.1, -0.05) is 0 Å². The second kappa shape index (κ2) is 8.81. The van der Waals surface area contributed by atoms with Gasteiger partial charge < -0.3 is 18.8 Å². The minimum atomic E-state index is -4.86. The van der Waals surface area contributed by atoms with E-state index in [2.05, 4.69) is 9.46 Å². The van der Waals surface area contributed by atoms with Crippen molar-refractivity contribution in [2.75, 3.05) is 24.6 Å². The molecule has 4 rings (SSSR count). The number of hydrogen-bond donors (Lipinski definition) is 1. The molecule has 11 heteroatoms. The third-order valence-electron chi connectivity index (χ3n) is 4.72. The fourth-order valence-corrected chi connectivity index (χ4v) is 3.85. The highest BCUT2D eigenvalue weighted by atomic mass is 32.2. The molecule has 3 aromatic rings. The second-order valence-corrected chi connectivity index (χ2v) is 7.76. The van der Waals surface area contributed by atoms with Crippen molar-refractivity contribution in [3.63, 3.8) is 0 Å². The Hall–Kier alpha value is -3.08. The first-order chi connectivity index (χ1) is 15.2. The highest BCUT2D eigenvalue weighted by molar-refractivity contribution is 7.98. The summed E-state index contributed by atoms with van der Waals surface area (Å²) < 4.78 is 69.3. The Balaban J connectivity index is 1.52. The molecule has 1 aromatic heterocycles. The van der Waals surface area contributed by atoms with E-state index in [0.717, 1.165) is 43.6 Å². The van der Waals surface area contributed by atoms with E-state index in [0.29, 0.717) is 5.69 Å². The van der Waals surface area contributed by atoms with Gasteiger partial charge in [-0.25, -0.2) is 4.39 Å². The van der Waals surface area contributed by atoms with Gasteiger partial charge in [0.2, 0.25) is 0 Å². The number of halogens is 4. The zero-order chi connectivity index (χ0) is 22.9. The van der Waals surface area contributed by atoms with Gasteiger partial charge in [0.15, 0.2) is 5.76 Å². The van der Waals surface area contributed by atoms with Crippen LogP contribution < -0.4 is 19.1 Å². The van der Waals surface area contributed by atoms with Crippen LogP contribution in [0.2, 0.25) is 0 Å². The van der Waals surface area contributed by atoms with Gasteiger partial charge in [-0.2, -0.15) is 0 Å². The Bertz CT molecular complexity index is 1140. The Kier molecular flexibility index (Phi) is 6.09. The fraction of sp³-hybridized carbons (Fsp3) is 0.286. The molecule has 0 unspecified atom stereocenters. The van der Waals surface area contributed by atoms with Gasteiger partial charge >= 0.3 is 6.36 Å². The molecule has 1 aliphatic heterocycles. The molecule has 0 radical (unpaired) electrons. The van der Waals surface area contributed by atoms with E-state index >= 15 is 0 Å². The summed E-state index contributed by atoms with van der Waals surface area (Å²) in [5, 5.41) is 0.167. The van der Waals surface area contributed by atoms with Crippen molar-refractivity contribution in [1.82, 2.24) is 4.72 Å². The average Bonchev–Trinajstić information content (AvgIpc) is 3.10. The number of benzene rings is 2. The zero-order valence-electron chi connectivity index (χ0n) is 16.8. The molecule has 2 aromatic carbocycles. The Morgan fingerprint density at radius 3 is 2.66 bits per heavy atom. The first-order valence-electron chi connectivity index (χ1n) is 9.71. The number of fused-ring (bicyclic) bond motifs is 1. The molecule has 0 saturated carbocycles. The van der Waals surface area contributed by atoms with E-state index in [9.17, 15) is 22.4 Å². The molecule has 0 spiro atoms. The highest BCUT2D eigenvalue weighted by Gasteiger charge is 2.31. The Morgan fingerprint density at radius 2 is 2.00 bits per heavy atom. The van der Waals surface area contributed by atoms with Crippen molar-refractivity contribution in [2.24, 2.45) is 0 Å². The maximum absolute atomic E-state index is 14.5. The first kappa shape index (κ1) is 22.1. The van der Waals surface area contributed by atoms with Gasteiger partial charge in [0.1, 0.15) is 22.9 Å². The van der Waals surface area contributed by atoms with Crippen LogP contribution in [0.5, 0.6) is 11.5 Å². The summed E-state index contributed by atoms with van der Waals surface area (Å²) in [5.74, 6) is -1.51. The summed E-state index contributed by atoms with van der Waals surface area (Å²) in [6, 6.07) is 7.88. The van der Waals surface area contributed by atoms with Crippen molar-refractivity contribution >= 4 is 34.5 Å². The number of anilines is 1. The third-order valence-corrected chi connectivity index (χ3v) is 5.55. The van der Waals surface area contributed by atoms with Crippen LogP contribution in [0.1, 0.15) is 23.9 Å². The largest absolute Gasteiger partial charge is 0.573 e. The molecule has 1 aliphatic rings. The number of hydrogen-bond acceptors (Lipinski definition) is 6. The molecule has 0 aliphatic carbocycles. The minimum absolute atomic E-state index is 0.132. The Morgan fingerprint density at radius 1 is 1.22 bits per heavy atom. The number of amides is 1. The number of furan rings is 1. The number of ether oxygens (including phenoxy) is 2. The smallest absolute Gasteiger partial charge is 0.493 e. The van der Waals surface area contributed by atoms with Crippen LogP contribution in [0.15, 0.2) is 45.7 Å². The van der Waals surface area contributed by atoms with E-state index in [1.54, 1.807) is 13.0 Å². The second-order valence-electron chi connectivity index (χ2n) is 6.91. The van der Waals surface area contributed by atoms with E-state index in [4.69, 9.17) is 9.15 Å². The minimum Gasteiger partial charge on any atom is -0.493 e. The van der Waals surface area contributed by atoms with Crippen LogP contribution in [0, 0.1) is 5.82 Å². The lowest BCUT2D eigenvalue weighted by molar-refractivity contribution is -0.274. The summed E-state index contributed by atoms with van der Waals surface area (Å²) in [7, 11) is 0. The van der Waals surface area contributed by atoms with Crippen LogP contribution in [0.3, 0.4) is 0 Å². The zero-order valence-corrected chi connectivity index (χ0v) is 17.6. The van der Waals surface area contributed by atoms with Gasteiger partial charge in [-0.15, -0.1) is 13.2 Å². The van der Waals surface area contributed by atoms with Crippen molar-refractivity contribution in [3.05, 3.63) is 48.0 Å². The van der Waals surface area contributed by atoms with E-state index in [1.807, 2.05) is 4.90 Å². The third kappa shape index (κ3) is 4.87. The molecule has 32 heavy (non-hydrogen) atoms. The van der Waals surface area contributed by atoms with E-state index < -0.39 is 23.8 Å². The first-order valence-corrected chi connectivity index (χ1v) is 10.5. The number of nitrogens with one attached hydrogen (secondary N) is 1. The maximum atomic E-state index is 14.5. The molecule has 170 valence electrons. The molecule has 6 nitrogen and oxygen atoms in total. The number of nitrogens with zero attached hydrogens (tertiary/aromatic N) is 1. The van der Waals surface area contributed by atoms with Crippen LogP contribution in [-0.4, -0.2) is 32.0 Å². The summed E-state index contributed by atoms with van der Waals surface area (Å²) in [6.45, 7) is 3.64. The lowest BCUT2D eigenvalue weighted by Crippen LogP contribution is -2.36. The number of rotatable bonds is 7.